The number of hydrogen-bond donors (Lipinski definition) is 2. The molecule has 2 aromatic carbocycles. The predicted octanol–water partition coefficient (Wildman–Crippen LogP) is 5.10. The molecule has 0 unspecified atom stereocenters. The molecule has 0 saturated heterocycles. The van der Waals surface area contributed by atoms with Crippen LogP contribution in [0.3, 0.4) is 0 Å². The van der Waals surface area contributed by atoms with E-state index in [9.17, 15) is 9.50 Å². The molecule has 0 heterocycles. The van der Waals surface area contributed by atoms with Gasteiger partial charge in [0.1, 0.15) is 5.82 Å². The van der Waals surface area contributed by atoms with E-state index in [0.29, 0.717) is 12.2 Å². The SMILES string of the molecule is Oc1c(Cl)cc(CNc2ccc(F)c(Cl)c2)cc1Cl. The molecule has 0 fully saturated rings. The Kier molecular flexibility index (Phi) is 4.40. The van der Waals surface area contributed by atoms with E-state index in [1.807, 2.05) is 0 Å². The molecule has 2 N–H and O–H groups in total. The van der Waals surface area contributed by atoms with Gasteiger partial charge in [0.05, 0.1) is 15.1 Å². The quantitative estimate of drug-likeness (QED) is 0.824. The summed E-state index contributed by atoms with van der Waals surface area (Å²) in [6.07, 6.45) is 0. The van der Waals surface area contributed by atoms with Gasteiger partial charge in [-0.05, 0) is 35.9 Å². The molecule has 19 heavy (non-hydrogen) atoms. The van der Waals surface area contributed by atoms with Crippen LogP contribution in [-0.4, -0.2) is 5.11 Å². The molecule has 0 amide bonds. The molecule has 100 valence electrons. The molecule has 0 aliphatic heterocycles. The monoisotopic (exact) mass is 319 g/mol. The molecule has 0 radical (unpaired) electrons. The molecule has 2 rings (SSSR count). The summed E-state index contributed by atoms with van der Waals surface area (Å²) in [5.74, 6) is -0.611. The van der Waals surface area contributed by atoms with Crippen LogP contribution >= 0.6 is 34.8 Å². The molecule has 0 aliphatic rings. The van der Waals surface area contributed by atoms with Crippen molar-refractivity contribution in [3.63, 3.8) is 0 Å². The Bertz CT molecular complexity index is 596. The number of benzene rings is 2. The molecule has 2 nitrogen and oxygen atoms in total. The van der Waals surface area contributed by atoms with Gasteiger partial charge in [-0.2, -0.15) is 0 Å². The first-order chi connectivity index (χ1) is 8.97. The van der Waals surface area contributed by atoms with Gasteiger partial charge >= 0.3 is 0 Å². The van der Waals surface area contributed by atoms with Crippen LogP contribution in [0, 0.1) is 5.82 Å². The third-order valence-corrected chi connectivity index (χ3v) is 3.36. The fraction of sp³-hybridized carbons (Fsp3) is 0.0769. The number of phenolic OH excluding ortho intramolecular Hbond substituents is 1. The molecular formula is C13H9Cl3FNO. The Labute approximate surface area is 124 Å². The van der Waals surface area contributed by atoms with Gasteiger partial charge in [-0.25, -0.2) is 4.39 Å². The van der Waals surface area contributed by atoms with E-state index in [2.05, 4.69) is 5.32 Å². The van der Waals surface area contributed by atoms with Crippen molar-refractivity contribution in [2.75, 3.05) is 5.32 Å². The average Bonchev–Trinajstić information content (AvgIpc) is 2.37. The van der Waals surface area contributed by atoms with Crippen LogP contribution < -0.4 is 5.32 Å². The van der Waals surface area contributed by atoms with Gasteiger partial charge in [0.15, 0.2) is 5.75 Å². The Hall–Kier alpha value is -1.16. The van der Waals surface area contributed by atoms with Gasteiger partial charge in [0, 0.05) is 12.2 Å². The van der Waals surface area contributed by atoms with Crippen molar-refractivity contribution >= 4 is 40.5 Å². The zero-order valence-electron chi connectivity index (χ0n) is 9.55. The summed E-state index contributed by atoms with van der Waals surface area (Å²) >= 11 is 17.3. The van der Waals surface area contributed by atoms with E-state index in [1.54, 1.807) is 18.2 Å². The van der Waals surface area contributed by atoms with E-state index >= 15 is 0 Å². The third kappa shape index (κ3) is 3.44. The highest BCUT2D eigenvalue weighted by Gasteiger charge is 2.07. The Morgan fingerprint density at radius 2 is 1.63 bits per heavy atom. The fourth-order valence-corrected chi connectivity index (χ4v) is 2.24. The number of nitrogens with one attached hydrogen (secondary N) is 1. The molecule has 0 atom stereocenters. The lowest BCUT2D eigenvalue weighted by atomic mass is 10.2. The maximum atomic E-state index is 13.0. The Balaban J connectivity index is 2.12. The lowest BCUT2D eigenvalue weighted by Crippen LogP contribution is -1.99. The molecule has 2 aromatic rings. The van der Waals surface area contributed by atoms with E-state index in [-0.39, 0.29) is 20.8 Å². The summed E-state index contributed by atoms with van der Waals surface area (Å²) in [5, 5.41) is 12.9. The minimum atomic E-state index is -0.470. The number of phenols is 1. The number of halogens is 4. The highest BCUT2D eigenvalue weighted by atomic mass is 35.5. The Morgan fingerprint density at radius 1 is 1.00 bits per heavy atom. The van der Waals surface area contributed by atoms with Gasteiger partial charge in [-0.1, -0.05) is 34.8 Å². The van der Waals surface area contributed by atoms with E-state index in [0.717, 1.165) is 5.56 Å². The van der Waals surface area contributed by atoms with Gasteiger partial charge in [-0.3, -0.25) is 0 Å². The summed E-state index contributed by atoms with van der Waals surface area (Å²) in [5.41, 5.74) is 1.46. The standard InChI is InChI=1S/C13H9Cl3FNO/c14-9-5-8(1-2-12(9)17)18-6-7-3-10(15)13(19)11(16)4-7/h1-5,18-19H,6H2. The minimum absolute atomic E-state index is 0.0479. The molecule has 6 heteroatoms. The topological polar surface area (TPSA) is 32.3 Å². The van der Waals surface area contributed by atoms with E-state index in [1.165, 1.54) is 12.1 Å². The third-order valence-electron chi connectivity index (χ3n) is 2.49. The normalized spacial score (nSPS) is 10.5. The van der Waals surface area contributed by atoms with Gasteiger partial charge in [-0.15, -0.1) is 0 Å². The van der Waals surface area contributed by atoms with Crippen LogP contribution in [0.2, 0.25) is 15.1 Å². The summed E-state index contributed by atoms with van der Waals surface area (Å²) in [4.78, 5) is 0. The second-order valence-electron chi connectivity index (χ2n) is 3.89. The predicted molar refractivity (Wildman–Crippen MR) is 76.9 cm³/mol. The molecular weight excluding hydrogens is 312 g/mol. The van der Waals surface area contributed by atoms with Gasteiger partial charge in [0.25, 0.3) is 0 Å². The lowest BCUT2D eigenvalue weighted by Gasteiger charge is -2.09. The molecule has 0 aliphatic carbocycles. The first-order valence-corrected chi connectivity index (χ1v) is 6.46. The molecule has 0 bridgehead atoms. The maximum absolute atomic E-state index is 13.0. The Morgan fingerprint density at radius 3 is 2.21 bits per heavy atom. The summed E-state index contributed by atoms with van der Waals surface area (Å²) < 4.78 is 13.0. The van der Waals surface area contributed by atoms with Crippen molar-refractivity contribution in [1.82, 2.24) is 0 Å². The first-order valence-electron chi connectivity index (χ1n) is 5.33. The van der Waals surface area contributed by atoms with Crippen LogP contribution in [-0.2, 0) is 6.54 Å². The lowest BCUT2D eigenvalue weighted by molar-refractivity contribution is 0.475. The fourth-order valence-electron chi connectivity index (χ4n) is 1.53. The zero-order chi connectivity index (χ0) is 14.0. The van der Waals surface area contributed by atoms with Crippen molar-refractivity contribution in [3.05, 3.63) is 56.8 Å². The van der Waals surface area contributed by atoms with Crippen LogP contribution in [0.5, 0.6) is 5.75 Å². The summed E-state index contributed by atoms with van der Waals surface area (Å²) in [7, 11) is 0. The highest BCUT2D eigenvalue weighted by Crippen LogP contribution is 2.33. The van der Waals surface area contributed by atoms with Crippen LogP contribution in [0.15, 0.2) is 30.3 Å². The number of hydrogen-bond acceptors (Lipinski definition) is 2. The van der Waals surface area contributed by atoms with Gasteiger partial charge < -0.3 is 10.4 Å². The second kappa shape index (κ2) is 5.87. The maximum Gasteiger partial charge on any atom is 0.152 e. The number of aromatic hydroxyl groups is 1. The summed E-state index contributed by atoms with van der Waals surface area (Å²) in [6, 6.07) is 7.54. The van der Waals surface area contributed by atoms with E-state index < -0.39 is 5.82 Å². The number of anilines is 1. The van der Waals surface area contributed by atoms with Gasteiger partial charge in [0.2, 0.25) is 0 Å². The molecule has 0 saturated carbocycles. The van der Waals surface area contributed by atoms with E-state index in [4.69, 9.17) is 34.8 Å². The largest absolute Gasteiger partial charge is 0.505 e. The molecule has 0 spiro atoms. The van der Waals surface area contributed by atoms with Crippen LogP contribution in [0.25, 0.3) is 0 Å². The van der Waals surface area contributed by atoms with Crippen molar-refractivity contribution in [3.8, 4) is 5.75 Å². The van der Waals surface area contributed by atoms with Crippen molar-refractivity contribution in [2.45, 2.75) is 6.54 Å². The van der Waals surface area contributed by atoms with Crippen molar-refractivity contribution in [2.24, 2.45) is 0 Å². The van der Waals surface area contributed by atoms with Crippen molar-refractivity contribution in [1.29, 1.82) is 0 Å². The minimum Gasteiger partial charge on any atom is -0.505 e. The molecule has 0 aromatic heterocycles. The average molecular weight is 321 g/mol. The zero-order valence-corrected chi connectivity index (χ0v) is 11.8. The highest BCUT2D eigenvalue weighted by molar-refractivity contribution is 6.37. The number of rotatable bonds is 3. The second-order valence-corrected chi connectivity index (χ2v) is 5.11. The first kappa shape index (κ1) is 14.3. The smallest absolute Gasteiger partial charge is 0.152 e. The summed E-state index contributed by atoms with van der Waals surface area (Å²) in [6.45, 7) is 0.418. The van der Waals surface area contributed by atoms with Crippen LogP contribution in [0.1, 0.15) is 5.56 Å². The van der Waals surface area contributed by atoms with Crippen molar-refractivity contribution < 1.29 is 9.50 Å². The van der Waals surface area contributed by atoms with Crippen LogP contribution in [0.4, 0.5) is 10.1 Å².